The summed E-state index contributed by atoms with van der Waals surface area (Å²) >= 11 is 0. The van der Waals surface area contributed by atoms with Gasteiger partial charge in [-0.1, -0.05) is 117 Å². The SMILES string of the molecule is C.Cc1ccc(N2CCN(C(=O)C(F)(F)c3ccc(C(C)(C)C)cc3)CC2)nn1.Cc1ccc(N2CCN(C(=O)Cc3ccc(C(C)(C)C)cc3)CC2)nn1.Cc1ccc(N2CCN(C(=O)Oc3ccc(C(C)C)c(C)c3)CC2)nn1. The van der Waals surface area contributed by atoms with Crippen molar-refractivity contribution in [2.24, 2.45) is 0 Å². The van der Waals surface area contributed by atoms with Crippen molar-refractivity contribution >= 4 is 35.4 Å². The Hall–Kier alpha value is -7.63. The number of aryl methyl sites for hydroxylation is 4. The van der Waals surface area contributed by atoms with Crippen LogP contribution in [0.2, 0.25) is 0 Å². The number of carbonyl (C=O) groups is 3. The molecule has 0 radical (unpaired) electrons. The molecule has 434 valence electrons. The highest BCUT2D eigenvalue weighted by Gasteiger charge is 2.45. The van der Waals surface area contributed by atoms with Gasteiger partial charge < -0.3 is 34.1 Å². The summed E-state index contributed by atoms with van der Waals surface area (Å²) < 4.78 is 35.2. The largest absolute Gasteiger partial charge is 0.415 e. The van der Waals surface area contributed by atoms with Gasteiger partial charge in [0, 0.05) is 84.1 Å². The molecule has 6 heterocycles. The second-order valence-corrected chi connectivity index (χ2v) is 23.3. The Bertz CT molecular complexity index is 2980. The summed E-state index contributed by atoms with van der Waals surface area (Å²) in [4.78, 5) is 48.8. The third-order valence-corrected chi connectivity index (χ3v) is 14.7. The number of carbonyl (C=O) groups excluding carboxylic acids is 3. The lowest BCUT2D eigenvalue weighted by molar-refractivity contribution is -0.159. The Labute approximate surface area is 478 Å². The number of benzene rings is 3. The van der Waals surface area contributed by atoms with Crippen LogP contribution in [0.25, 0.3) is 0 Å². The molecule has 0 bridgehead atoms. The molecule has 3 saturated heterocycles. The summed E-state index contributed by atoms with van der Waals surface area (Å²) in [7, 11) is 0. The van der Waals surface area contributed by atoms with E-state index < -0.39 is 11.8 Å². The molecule has 0 aliphatic carbocycles. The summed E-state index contributed by atoms with van der Waals surface area (Å²) in [5.74, 6) is -0.996. The number of aromatic nitrogens is 6. The molecule has 3 amide bonds. The Morgan fingerprint density at radius 1 is 0.494 bits per heavy atom. The average Bonchev–Trinajstić information content (AvgIpc) is 3.44. The van der Waals surface area contributed by atoms with E-state index in [4.69, 9.17) is 4.74 Å². The summed E-state index contributed by atoms with van der Waals surface area (Å²) in [5.41, 5.74) is 8.11. The van der Waals surface area contributed by atoms with Crippen molar-refractivity contribution in [2.45, 2.75) is 120 Å². The fraction of sp³-hybridized carbons (Fsp3) is 0.476. The number of alkyl halides is 2. The normalized spacial score (nSPS) is 15.0. The van der Waals surface area contributed by atoms with Crippen molar-refractivity contribution in [1.82, 2.24) is 45.3 Å². The smallest absolute Gasteiger partial charge is 0.410 e. The van der Waals surface area contributed by atoms with Gasteiger partial charge in [0.15, 0.2) is 17.5 Å². The molecule has 3 aromatic carbocycles. The number of ether oxygens (including phenoxy) is 1. The standard InChI is InChI=1S/C21H26F2N4O.C21H28N4O.C20H26N4O2.CH4/c1-15-5-10-18(25-24-15)26-11-13-27(14-12-26)19(28)21(22,23)17-8-6-16(7-9-17)20(2,3)4;1-16-5-10-19(23-22-16)24-11-13-25(14-12-24)20(26)15-17-6-8-18(9-7-17)21(2,3)4;1-14(2)18-7-6-17(13-15(18)3)26-20(25)24-11-9-23(10-12-24)19-8-5-16(4)21-22-19;/h5-10H,11-14H2,1-4H3;5-10H,11-15H2,1-4H3;5-8,13-14H,9-12H2,1-4H3;1H4. The van der Waals surface area contributed by atoms with E-state index in [0.717, 1.165) is 84.7 Å². The van der Waals surface area contributed by atoms with Gasteiger partial charge in [0.1, 0.15) is 5.75 Å². The summed E-state index contributed by atoms with van der Waals surface area (Å²) in [5, 5.41) is 24.8. The fourth-order valence-corrected chi connectivity index (χ4v) is 9.56. The van der Waals surface area contributed by atoms with Crippen molar-refractivity contribution in [2.75, 3.05) is 93.2 Å². The average molecular weight is 1110 g/mol. The molecular formula is C63H84F2N12O4. The zero-order chi connectivity index (χ0) is 57.9. The van der Waals surface area contributed by atoms with Crippen molar-refractivity contribution in [3.63, 3.8) is 0 Å². The molecule has 3 aliphatic heterocycles. The quantitative estimate of drug-likeness (QED) is 0.135. The number of rotatable bonds is 9. The van der Waals surface area contributed by atoms with Crippen molar-refractivity contribution in [1.29, 1.82) is 0 Å². The first-order chi connectivity index (χ1) is 37.8. The second kappa shape index (κ2) is 27.2. The lowest BCUT2D eigenvalue weighted by Crippen LogP contribution is -2.52. The maximum atomic E-state index is 14.8. The van der Waals surface area contributed by atoms with Gasteiger partial charge in [-0.25, -0.2) is 4.79 Å². The molecule has 3 aromatic heterocycles. The van der Waals surface area contributed by atoms with E-state index in [2.05, 4.69) is 99.3 Å². The Morgan fingerprint density at radius 3 is 1.25 bits per heavy atom. The van der Waals surface area contributed by atoms with Crippen LogP contribution in [-0.2, 0) is 32.8 Å². The van der Waals surface area contributed by atoms with Crippen LogP contribution >= 0.6 is 0 Å². The number of anilines is 3. The van der Waals surface area contributed by atoms with Gasteiger partial charge in [0.05, 0.1) is 23.5 Å². The van der Waals surface area contributed by atoms with E-state index in [1.807, 2.05) is 113 Å². The Kier molecular flexibility index (Phi) is 21.0. The summed E-state index contributed by atoms with van der Waals surface area (Å²) in [6, 6.07) is 31.9. The first-order valence-corrected chi connectivity index (χ1v) is 27.7. The molecule has 6 aromatic rings. The summed E-state index contributed by atoms with van der Waals surface area (Å²) in [6.45, 7) is 31.8. The van der Waals surface area contributed by atoms with Crippen LogP contribution in [0.5, 0.6) is 5.75 Å². The molecule has 3 aliphatic rings. The highest BCUT2D eigenvalue weighted by atomic mass is 19.3. The van der Waals surface area contributed by atoms with Crippen LogP contribution in [0, 0.1) is 27.7 Å². The lowest BCUT2D eigenvalue weighted by Gasteiger charge is -2.36. The summed E-state index contributed by atoms with van der Waals surface area (Å²) in [6.07, 6.45) is 0.172. The van der Waals surface area contributed by atoms with Crippen LogP contribution in [-0.4, -0.2) is 142 Å². The molecule has 3 fully saturated rings. The molecule has 16 nitrogen and oxygen atoms in total. The maximum Gasteiger partial charge on any atom is 0.415 e. The van der Waals surface area contributed by atoms with Gasteiger partial charge in [0.25, 0.3) is 5.91 Å². The Morgan fingerprint density at radius 2 is 0.877 bits per heavy atom. The van der Waals surface area contributed by atoms with Gasteiger partial charge in [-0.05, 0) is 121 Å². The maximum absolute atomic E-state index is 14.8. The van der Waals surface area contributed by atoms with E-state index in [1.54, 1.807) is 17.0 Å². The lowest BCUT2D eigenvalue weighted by atomic mass is 9.86. The van der Waals surface area contributed by atoms with E-state index in [0.29, 0.717) is 50.1 Å². The van der Waals surface area contributed by atoms with Crippen LogP contribution in [0.15, 0.2) is 103 Å². The monoisotopic (exact) mass is 1110 g/mol. The third kappa shape index (κ3) is 17.0. The van der Waals surface area contributed by atoms with Gasteiger partial charge in [-0.15, -0.1) is 15.3 Å². The topological polar surface area (TPSA) is 157 Å². The fourth-order valence-electron chi connectivity index (χ4n) is 9.56. The molecule has 0 atom stereocenters. The zero-order valence-corrected chi connectivity index (χ0v) is 48.8. The Balaban J connectivity index is 0.000000195. The predicted octanol–water partition coefficient (Wildman–Crippen LogP) is 10.7. The van der Waals surface area contributed by atoms with Gasteiger partial charge >= 0.3 is 12.0 Å². The highest BCUT2D eigenvalue weighted by molar-refractivity contribution is 5.85. The van der Waals surface area contributed by atoms with E-state index in [9.17, 15) is 23.2 Å². The van der Waals surface area contributed by atoms with Gasteiger partial charge in [0.2, 0.25) is 5.91 Å². The van der Waals surface area contributed by atoms with Crippen LogP contribution in [0.3, 0.4) is 0 Å². The van der Waals surface area contributed by atoms with Gasteiger partial charge in [-0.2, -0.15) is 24.1 Å². The highest BCUT2D eigenvalue weighted by Crippen LogP contribution is 2.33. The van der Waals surface area contributed by atoms with Crippen molar-refractivity contribution in [3.8, 4) is 5.75 Å². The predicted molar refractivity (Wildman–Crippen MR) is 318 cm³/mol. The van der Waals surface area contributed by atoms with Crippen LogP contribution in [0.1, 0.15) is 119 Å². The molecule has 0 N–H and O–H groups in total. The minimum absolute atomic E-state index is 0. The van der Waals surface area contributed by atoms with E-state index >= 15 is 0 Å². The number of piperazine rings is 3. The number of amides is 3. The minimum atomic E-state index is -3.54. The van der Waals surface area contributed by atoms with Gasteiger partial charge in [-0.3, -0.25) is 9.59 Å². The molecule has 0 spiro atoms. The molecule has 18 heteroatoms. The first kappa shape index (κ1) is 62.6. The number of halogens is 2. The molecule has 9 rings (SSSR count). The molecule has 81 heavy (non-hydrogen) atoms. The first-order valence-electron chi connectivity index (χ1n) is 27.7. The molecule has 0 unspecified atom stereocenters. The van der Waals surface area contributed by atoms with Crippen LogP contribution in [0.4, 0.5) is 31.0 Å². The van der Waals surface area contributed by atoms with Crippen molar-refractivity contribution < 1.29 is 27.9 Å². The minimum Gasteiger partial charge on any atom is -0.410 e. The van der Waals surface area contributed by atoms with E-state index in [1.165, 1.54) is 28.2 Å². The number of nitrogens with zero attached hydrogens (tertiary/aromatic N) is 12. The molecular weight excluding hydrogens is 1030 g/mol. The molecule has 0 saturated carbocycles. The second-order valence-electron chi connectivity index (χ2n) is 23.3. The van der Waals surface area contributed by atoms with E-state index in [-0.39, 0.29) is 48.9 Å². The van der Waals surface area contributed by atoms with Crippen LogP contribution < -0.4 is 19.4 Å². The number of hydrogen-bond donors (Lipinski definition) is 0. The van der Waals surface area contributed by atoms with Crippen molar-refractivity contribution in [3.05, 3.63) is 154 Å². The zero-order valence-electron chi connectivity index (χ0n) is 48.8. The number of hydrogen-bond acceptors (Lipinski definition) is 13. The third-order valence-electron chi connectivity index (χ3n) is 14.7.